The molecule has 2 amide bonds. The molecule has 0 radical (unpaired) electrons. The van der Waals surface area contributed by atoms with Gasteiger partial charge in [-0.15, -0.1) is 11.3 Å². The van der Waals surface area contributed by atoms with Crippen LogP contribution < -0.4 is 10.6 Å². The van der Waals surface area contributed by atoms with Gasteiger partial charge < -0.3 is 20.2 Å². The maximum atomic E-state index is 12.1. The Morgan fingerprint density at radius 1 is 1.52 bits per heavy atom. The number of rotatable bonds is 6. The second kappa shape index (κ2) is 7.14. The number of nitrogens with zero attached hydrogens (tertiary/aromatic N) is 1. The lowest BCUT2D eigenvalue weighted by Crippen LogP contribution is -2.44. The molecule has 126 valence electrons. The monoisotopic (exact) mass is 337 g/mol. The minimum absolute atomic E-state index is 0.0902. The van der Waals surface area contributed by atoms with Crippen LogP contribution in [0, 0.1) is 13.8 Å². The predicted molar refractivity (Wildman–Crippen MR) is 89.4 cm³/mol. The van der Waals surface area contributed by atoms with Crippen LogP contribution >= 0.6 is 11.3 Å². The molecule has 2 rings (SSSR count). The first-order valence-corrected chi connectivity index (χ1v) is 8.45. The van der Waals surface area contributed by atoms with Crippen LogP contribution in [0.15, 0.2) is 22.1 Å². The molecule has 0 aliphatic rings. The number of nitrogens with one attached hydrogen (secondary N) is 2. The number of aryl methyl sites for hydroxylation is 2. The van der Waals surface area contributed by atoms with E-state index in [9.17, 15) is 9.90 Å². The summed E-state index contributed by atoms with van der Waals surface area (Å²) in [5.41, 5.74) is -0.510. The highest BCUT2D eigenvalue weighted by Crippen LogP contribution is 2.26. The highest BCUT2D eigenvalue weighted by atomic mass is 32.1. The summed E-state index contributed by atoms with van der Waals surface area (Å²) in [6.07, 6.45) is 2.47. The summed E-state index contributed by atoms with van der Waals surface area (Å²) >= 11 is 1.51. The molecule has 23 heavy (non-hydrogen) atoms. The first-order valence-electron chi connectivity index (χ1n) is 7.57. The van der Waals surface area contributed by atoms with Crippen LogP contribution in [0.4, 0.5) is 4.79 Å². The van der Waals surface area contributed by atoms with Crippen molar-refractivity contribution in [2.75, 3.05) is 6.54 Å². The van der Waals surface area contributed by atoms with Gasteiger partial charge in [0.15, 0.2) is 0 Å². The number of aliphatic hydroxyl groups is 1. The number of urea groups is 1. The van der Waals surface area contributed by atoms with Crippen molar-refractivity contribution in [1.29, 1.82) is 0 Å². The lowest BCUT2D eigenvalue weighted by molar-refractivity contribution is 0.0577. The second-order valence-corrected chi connectivity index (χ2v) is 6.69. The highest BCUT2D eigenvalue weighted by molar-refractivity contribution is 7.09. The van der Waals surface area contributed by atoms with E-state index in [1.54, 1.807) is 26.1 Å². The van der Waals surface area contributed by atoms with Gasteiger partial charge in [0.25, 0.3) is 0 Å². The van der Waals surface area contributed by atoms with E-state index in [1.165, 1.54) is 11.3 Å². The Morgan fingerprint density at radius 3 is 2.78 bits per heavy atom. The number of aromatic nitrogens is 1. The molecule has 3 N–H and O–H groups in total. The standard InChI is InChI=1S/C16H23N3O3S/c1-5-13(14-17-6-7-23-14)19-15(20)18-9-16(4,21)12-8-10(2)22-11(12)3/h6-8,13,21H,5,9H2,1-4H3,(H2,18,19,20)/t13-,16-/m0/s1. The lowest BCUT2D eigenvalue weighted by Gasteiger charge is -2.24. The zero-order valence-electron chi connectivity index (χ0n) is 13.8. The minimum Gasteiger partial charge on any atom is -0.466 e. The fourth-order valence-corrected chi connectivity index (χ4v) is 3.24. The third-order valence-corrected chi connectivity index (χ3v) is 4.57. The van der Waals surface area contributed by atoms with Crippen LogP contribution in [0.3, 0.4) is 0 Å². The van der Waals surface area contributed by atoms with Gasteiger partial charge in [-0.2, -0.15) is 0 Å². The average molecular weight is 337 g/mol. The molecule has 7 heteroatoms. The van der Waals surface area contributed by atoms with Gasteiger partial charge in [0.05, 0.1) is 12.6 Å². The SMILES string of the molecule is CC[C@H](NC(=O)NC[C@](C)(O)c1cc(C)oc1C)c1nccs1. The molecule has 2 heterocycles. The minimum atomic E-state index is -1.19. The number of amides is 2. The molecule has 0 aliphatic carbocycles. The highest BCUT2D eigenvalue weighted by Gasteiger charge is 2.28. The molecule has 0 saturated heterocycles. The van der Waals surface area contributed by atoms with E-state index in [0.29, 0.717) is 11.3 Å². The van der Waals surface area contributed by atoms with Crippen LogP contribution in [0.25, 0.3) is 0 Å². The third-order valence-electron chi connectivity index (χ3n) is 3.68. The van der Waals surface area contributed by atoms with Gasteiger partial charge in [-0.25, -0.2) is 9.78 Å². The van der Waals surface area contributed by atoms with E-state index in [-0.39, 0.29) is 18.6 Å². The van der Waals surface area contributed by atoms with Gasteiger partial charge in [0.2, 0.25) is 0 Å². The van der Waals surface area contributed by atoms with E-state index in [0.717, 1.165) is 17.2 Å². The number of thiazole rings is 1. The molecule has 0 spiro atoms. The molecule has 0 bridgehead atoms. The van der Waals surface area contributed by atoms with Crippen LogP contribution in [-0.4, -0.2) is 22.7 Å². The fraction of sp³-hybridized carbons (Fsp3) is 0.500. The van der Waals surface area contributed by atoms with E-state index in [2.05, 4.69) is 15.6 Å². The molecular weight excluding hydrogens is 314 g/mol. The van der Waals surface area contributed by atoms with Crippen molar-refractivity contribution in [3.8, 4) is 0 Å². The molecule has 0 fully saturated rings. The summed E-state index contributed by atoms with van der Waals surface area (Å²) < 4.78 is 5.44. The summed E-state index contributed by atoms with van der Waals surface area (Å²) in [7, 11) is 0. The quantitative estimate of drug-likeness (QED) is 0.756. The molecular formula is C16H23N3O3S. The summed E-state index contributed by atoms with van der Waals surface area (Å²) in [6.45, 7) is 7.36. The molecule has 0 unspecified atom stereocenters. The van der Waals surface area contributed by atoms with Gasteiger partial charge in [0.1, 0.15) is 22.1 Å². The zero-order valence-corrected chi connectivity index (χ0v) is 14.7. The van der Waals surface area contributed by atoms with Crippen LogP contribution in [0.2, 0.25) is 0 Å². The van der Waals surface area contributed by atoms with Crippen molar-refractivity contribution in [3.05, 3.63) is 39.7 Å². The van der Waals surface area contributed by atoms with Gasteiger partial charge in [-0.3, -0.25) is 0 Å². The average Bonchev–Trinajstić information content (AvgIpc) is 3.12. The molecule has 6 nitrogen and oxygen atoms in total. The molecule has 0 aromatic carbocycles. The Balaban J connectivity index is 1.94. The van der Waals surface area contributed by atoms with Crippen molar-refractivity contribution in [2.45, 2.75) is 45.8 Å². The first kappa shape index (κ1) is 17.5. The number of carbonyl (C=O) groups is 1. The van der Waals surface area contributed by atoms with Crippen molar-refractivity contribution in [3.63, 3.8) is 0 Å². The predicted octanol–water partition coefficient (Wildman–Crippen LogP) is 3.01. The number of hydrogen-bond donors (Lipinski definition) is 3. The van der Waals surface area contributed by atoms with E-state index >= 15 is 0 Å². The molecule has 0 aliphatic heterocycles. The molecule has 2 aromatic heterocycles. The van der Waals surface area contributed by atoms with Gasteiger partial charge >= 0.3 is 6.03 Å². The lowest BCUT2D eigenvalue weighted by atomic mass is 9.96. The summed E-state index contributed by atoms with van der Waals surface area (Å²) in [4.78, 5) is 16.3. The molecule has 2 aromatic rings. The zero-order chi connectivity index (χ0) is 17.0. The van der Waals surface area contributed by atoms with Crippen molar-refractivity contribution >= 4 is 17.4 Å². The smallest absolute Gasteiger partial charge is 0.315 e. The first-order chi connectivity index (χ1) is 10.8. The van der Waals surface area contributed by atoms with Gasteiger partial charge in [-0.05, 0) is 33.3 Å². The number of carbonyl (C=O) groups excluding carboxylic acids is 1. The Hall–Kier alpha value is -1.86. The largest absolute Gasteiger partial charge is 0.466 e. The van der Waals surface area contributed by atoms with Crippen LogP contribution in [0.5, 0.6) is 0 Å². The fourth-order valence-electron chi connectivity index (χ4n) is 2.47. The van der Waals surface area contributed by atoms with E-state index in [4.69, 9.17) is 4.42 Å². The summed E-state index contributed by atoms with van der Waals surface area (Å²) in [6, 6.07) is 1.34. The Kier molecular flexibility index (Phi) is 5.43. The normalized spacial score (nSPS) is 15.0. The van der Waals surface area contributed by atoms with Gasteiger partial charge in [-0.1, -0.05) is 6.92 Å². The van der Waals surface area contributed by atoms with Crippen LogP contribution in [-0.2, 0) is 5.60 Å². The third kappa shape index (κ3) is 4.33. The number of hydrogen-bond acceptors (Lipinski definition) is 5. The van der Waals surface area contributed by atoms with Gasteiger partial charge in [0, 0.05) is 17.1 Å². The Morgan fingerprint density at radius 2 is 2.26 bits per heavy atom. The van der Waals surface area contributed by atoms with Crippen LogP contribution in [0.1, 0.15) is 48.4 Å². The number of furan rings is 1. The van der Waals surface area contributed by atoms with E-state index in [1.807, 2.05) is 19.2 Å². The van der Waals surface area contributed by atoms with E-state index < -0.39 is 5.60 Å². The van der Waals surface area contributed by atoms with Crippen molar-refractivity contribution in [1.82, 2.24) is 15.6 Å². The Bertz CT molecular complexity index is 650. The Labute approximate surface area is 139 Å². The molecule has 2 atom stereocenters. The van der Waals surface area contributed by atoms with Crippen molar-refractivity contribution < 1.29 is 14.3 Å². The van der Waals surface area contributed by atoms with Crippen molar-refractivity contribution in [2.24, 2.45) is 0 Å². The topological polar surface area (TPSA) is 87.4 Å². The summed E-state index contributed by atoms with van der Waals surface area (Å²) in [5, 5.41) is 18.9. The maximum absolute atomic E-state index is 12.1. The summed E-state index contributed by atoms with van der Waals surface area (Å²) in [5.74, 6) is 1.39. The maximum Gasteiger partial charge on any atom is 0.315 e. The molecule has 0 saturated carbocycles. The second-order valence-electron chi connectivity index (χ2n) is 5.76.